The van der Waals surface area contributed by atoms with Gasteiger partial charge in [0.15, 0.2) is 0 Å². The monoisotopic (exact) mass is 355 g/mol. The summed E-state index contributed by atoms with van der Waals surface area (Å²) < 4.78 is 27.6. The minimum atomic E-state index is -3.73. The maximum Gasteiger partial charge on any atom is 0.304 e. The Morgan fingerprint density at radius 3 is 2.25 bits per heavy atom. The number of nitrogens with zero attached hydrogens (tertiary/aromatic N) is 3. The van der Waals surface area contributed by atoms with Crippen molar-refractivity contribution in [1.82, 2.24) is 9.21 Å². The molecule has 0 radical (unpaired) electrons. The molecule has 1 aliphatic heterocycles. The van der Waals surface area contributed by atoms with Gasteiger partial charge in [0, 0.05) is 14.1 Å². The highest BCUT2D eigenvalue weighted by atomic mass is 32.2. The largest absolute Gasteiger partial charge is 0.332 e. The molecule has 1 saturated heterocycles. The average molecular weight is 355 g/mol. The van der Waals surface area contributed by atoms with Crippen LogP contribution in [0, 0.1) is 0 Å². The zero-order chi connectivity index (χ0) is 17.7. The van der Waals surface area contributed by atoms with Crippen molar-refractivity contribution in [2.75, 3.05) is 57.7 Å². The number of carbonyl (C=O) groups excluding carboxylic acids is 1. The quantitative estimate of drug-likeness (QED) is 0.715. The van der Waals surface area contributed by atoms with Gasteiger partial charge in [0.1, 0.15) is 6.54 Å². The summed E-state index contributed by atoms with van der Waals surface area (Å²) in [4.78, 5) is 15.9. The lowest BCUT2D eigenvalue weighted by Crippen LogP contribution is -3.14. The first-order valence-corrected chi connectivity index (χ1v) is 9.62. The molecule has 1 amide bonds. The number of nitrogens with one attached hydrogen (secondary N) is 1. The second-order valence-corrected chi connectivity index (χ2v) is 8.18. The van der Waals surface area contributed by atoms with Gasteiger partial charge in [-0.25, -0.2) is 4.31 Å². The second kappa shape index (κ2) is 7.96. The lowest BCUT2D eigenvalue weighted by molar-refractivity contribution is -0.902. The minimum Gasteiger partial charge on any atom is -0.332 e. The van der Waals surface area contributed by atoms with Crippen molar-refractivity contribution >= 4 is 21.8 Å². The van der Waals surface area contributed by atoms with Gasteiger partial charge in [0.25, 0.3) is 0 Å². The Kier molecular flexibility index (Phi) is 6.20. The van der Waals surface area contributed by atoms with Gasteiger partial charge in [-0.3, -0.25) is 4.79 Å². The summed E-state index contributed by atoms with van der Waals surface area (Å²) in [5.74, 6) is -0.153. The van der Waals surface area contributed by atoms with E-state index in [0.717, 1.165) is 23.9 Å². The van der Waals surface area contributed by atoms with E-state index in [4.69, 9.17) is 0 Å². The van der Waals surface area contributed by atoms with Gasteiger partial charge < -0.3 is 9.80 Å². The fourth-order valence-electron chi connectivity index (χ4n) is 2.75. The lowest BCUT2D eigenvalue weighted by Gasteiger charge is -2.34. The molecular weight excluding hydrogens is 328 g/mol. The van der Waals surface area contributed by atoms with Crippen LogP contribution in [-0.4, -0.2) is 76.9 Å². The molecule has 0 saturated carbocycles. The van der Waals surface area contributed by atoms with Crippen LogP contribution in [0.15, 0.2) is 30.3 Å². The number of quaternary nitrogens is 1. The molecule has 7 nitrogen and oxygen atoms in total. The van der Waals surface area contributed by atoms with E-state index >= 15 is 0 Å². The Bertz CT molecular complexity index is 641. The van der Waals surface area contributed by atoms with Crippen LogP contribution in [0.25, 0.3) is 0 Å². The van der Waals surface area contributed by atoms with Crippen LogP contribution in [0.5, 0.6) is 0 Å². The van der Waals surface area contributed by atoms with Crippen molar-refractivity contribution in [2.45, 2.75) is 6.92 Å². The van der Waals surface area contributed by atoms with E-state index < -0.39 is 10.2 Å². The van der Waals surface area contributed by atoms with Crippen LogP contribution in [0.4, 0.5) is 5.69 Å². The number of anilines is 1. The van der Waals surface area contributed by atoms with E-state index in [2.05, 4.69) is 6.92 Å². The number of carbonyl (C=O) groups is 1. The molecule has 1 aliphatic rings. The summed E-state index contributed by atoms with van der Waals surface area (Å²) in [6, 6.07) is 8.75. The van der Waals surface area contributed by atoms with Crippen molar-refractivity contribution in [2.24, 2.45) is 0 Å². The molecule has 2 rings (SSSR count). The van der Waals surface area contributed by atoms with E-state index in [-0.39, 0.29) is 12.5 Å². The maximum absolute atomic E-state index is 12.6. The van der Waals surface area contributed by atoms with Crippen LogP contribution in [0.2, 0.25) is 0 Å². The van der Waals surface area contributed by atoms with Gasteiger partial charge >= 0.3 is 10.2 Å². The van der Waals surface area contributed by atoms with E-state index in [1.807, 2.05) is 6.07 Å². The number of likely N-dealkylation sites (N-methyl/N-ethyl adjacent to an activating group) is 1. The Balaban J connectivity index is 2.16. The molecule has 0 atom stereocenters. The van der Waals surface area contributed by atoms with Gasteiger partial charge in [0.2, 0.25) is 5.91 Å². The summed E-state index contributed by atoms with van der Waals surface area (Å²) in [5, 5.41) is 0. The number of benzene rings is 1. The third kappa shape index (κ3) is 4.25. The van der Waals surface area contributed by atoms with Gasteiger partial charge in [-0.1, -0.05) is 18.2 Å². The van der Waals surface area contributed by atoms with Crippen molar-refractivity contribution in [3.63, 3.8) is 0 Å². The van der Waals surface area contributed by atoms with E-state index in [1.165, 1.54) is 23.3 Å². The van der Waals surface area contributed by atoms with E-state index in [9.17, 15) is 13.2 Å². The predicted molar refractivity (Wildman–Crippen MR) is 94.2 cm³/mol. The number of piperazine rings is 1. The molecule has 1 aromatic carbocycles. The van der Waals surface area contributed by atoms with Gasteiger partial charge in [0.05, 0.1) is 38.4 Å². The first kappa shape index (κ1) is 18.7. The molecule has 8 heteroatoms. The van der Waals surface area contributed by atoms with Crippen molar-refractivity contribution in [3.8, 4) is 0 Å². The van der Waals surface area contributed by atoms with Crippen LogP contribution < -0.4 is 9.21 Å². The molecule has 0 unspecified atom stereocenters. The predicted octanol–water partition coefficient (Wildman–Crippen LogP) is -0.954. The molecule has 0 aliphatic carbocycles. The number of rotatable bonds is 6. The first-order chi connectivity index (χ1) is 11.4. The highest BCUT2D eigenvalue weighted by molar-refractivity contribution is 7.90. The third-order valence-corrected chi connectivity index (χ3v) is 6.21. The van der Waals surface area contributed by atoms with Gasteiger partial charge in [-0.2, -0.15) is 12.7 Å². The molecule has 0 spiro atoms. The van der Waals surface area contributed by atoms with Crippen molar-refractivity contribution in [1.29, 1.82) is 0 Å². The molecular formula is C16H27N4O3S+. The first-order valence-electron chi connectivity index (χ1n) is 8.22. The number of hydrogen-bond acceptors (Lipinski definition) is 3. The van der Waals surface area contributed by atoms with Gasteiger partial charge in [-0.05, 0) is 19.1 Å². The summed E-state index contributed by atoms with van der Waals surface area (Å²) >= 11 is 0. The molecule has 1 fully saturated rings. The topological polar surface area (TPSA) is 65.4 Å². The van der Waals surface area contributed by atoms with Crippen LogP contribution in [0.1, 0.15) is 6.92 Å². The fourth-order valence-corrected chi connectivity index (χ4v) is 3.80. The Morgan fingerprint density at radius 1 is 1.17 bits per heavy atom. The molecule has 1 heterocycles. The Hall–Kier alpha value is -1.64. The minimum absolute atomic E-state index is 0.153. The Labute approximate surface area is 144 Å². The summed E-state index contributed by atoms with van der Waals surface area (Å²) in [6.07, 6.45) is 0. The highest BCUT2D eigenvalue weighted by Crippen LogP contribution is 2.19. The van der Waals surface area contributed by atoms with E-state index in [0.29, 0.717) is 18.8 Å². The smallest absolute Gasteiger partial charge is 0.304 e. The second-order valence-electron chi connectivity index (χ2n) is 6.12. The SMILES string of the molecule is CC[NH+]1CCN(C(=O)CN(c2ccccc2)S(=O)(=O)N(C)C)CC1. The third-order valence-electron chi connectivity index (χ3n) is 4.39. The zero-order valence-electron chi connectivity index (χ0n) is 14.6. The average Bonchev–Trinajstić information content (AvgIpc) is 2.60. The standard InChI is InChI=1S/C16H26N4O3S/c1-4-18-10-12-19(13-11-18)16(21)14-20(24(22,23)17(2)3)15-8-6-5-7-9-15/h5-9H,4,10-14H2,1-3H3/p+1. The highest BCUT2D eigenvalue weighted by Gasteiger charge is 2.30. The molecule has 24 heavy (non-hydrogen) atoms. The van der Waals surface area contributed by atoms with Crippen molar-refractivity contribution < 1.29 is 18.1 Å². The fraction of sp³-hybridized carbons (Fsp3) is 0.562. The molecule has 134 valence electrons. The number of para-hydroxylation sites is 1. The number of amides is 1. The van der Waals surface area contributed by atoms with Crippen molar-refractivity contribution in [3.05, 3.63) is 30.3 Å². The Morgan fingerprint density at radius 2 is 1.75 bits per heavy atom. The molecule has 1 aromatic rings. The molecule has 0 bridgehead atoms. The van der Waals surface area contributed by atoms with Crippen LogP contribution >= 0.6 is 0 Å². The van der Waals surface area contributed by atoms with Gasteiger partial charge in [-0.15, -0.1) is 0 Å². The summed E-state index contributed by atoms with van der Waals surface area (Å²) in [5.41, 5.74) is 0.498. The lowest BCUT2D eigenvalue weighted by atomic mass is 10.3. The molecule has 0 aromatic heterocycles. The zero-order valence-corrected chi connectivity index (χ0v) is 15.4. The maximum atomic E-state index is 12.6. The van der Waals surface area contributed by atoms with Crippen LogP contribution in [0.3, 0.4) is 0 Å². The van der Waals surface area contributed by atoms with E-state index in [1.54, 1.807) is 29.2 Å². The summed E-state index contributed by atoms with van der Waals surface area (Å²) in [6.45, 7) is 6.17. The normalized spacial score (nSPS) is 16.4. The number of hydrogen-bond donors (Lipinski definition) is 1. The van der Waals surface area contributed by atoms with Crippen LogP contribution in [-0.2, 0) is 15.0 Å². The summed E-state index contributed by atoms with van der Waals surface area (Å²) in [7, 11) is -0.785. The molecule has 1 N–H and O–H groups in total.